The molecular weight excluding hydrogens is 248 g/mol. The second-order valence-corrected chi connectivity index (χ2v) is 5.75. The van der Waals surface area contributed by atoms with E-state index in [0.717, 1.165) is 43.4 Å². The van der Waals surface area contributed by atoms with E-state index in [4.69, 9.17) is 9.72 Å². The highest BCUT2D eigenvalue weighted by Gasteiger charge is 2.16. The first-order valence-electron chi connectivity index (χ1n) is 7.42. The Labute approximate surface area is 120 Å². The lowest BCUT2D eigenvalue weighted by Crippen LogP contribution is -2.22. The fraction of sp³-hybridized carbons (Fsp3) is 0.471. The molecule has 2 aromatic rings. The molecule has 3 heteroatoms. The van der Waals surface area contributed by atoms with E-state index in [9.17, 15) is 0 Å². The number of para-hydroxylation sites is 1. The molecule has 0 amide bonds. The molecule has 0 saturated carbocycles. The normalized spacial score (nSPS) is 19.0. The Morgan fingerprint density at radius 3 is 3.00 bits per heavy atom. The number of fused-ring (bicyclic) bond motifs is 1. The van der Waals surface area contributed by atoms with Crippen molar-refractivity contribution in [1.82, 2.24) is 9.88 Å². The Kier molecular flexibility index (Phi) is 4.28. The zero-order valence-corrected chi connectivity index (χ0v) is 12.1. The molecule has 0 unspecified atom stereocenters. The van der Waals surface area contributed by atoms with Crippen LogP contribution in [0.5, 0.6) is 0 Å². The molecule has 20 heavy (non-hydrogen) atoms. The van der Waals surface area contributed by atoms with Gasteiger partial charge in [0.05, 0.1) is 11.2 Å². The third-order valence-corrected chi connectivity index (χ3v) is 4.03. The van der Waals surface area contributed by atoms with Crippen LogP contribution in [0.15, 0.2) is 36.4 Å². The van der Waals surface area contributed by atoms with Gasteiger partial charge >= 0.3 is 0 Å². The van der Waals surface area contributed by atoms with Gasteiger partial charge in [0.15, 0.2) is 0 Å². The van der Waals surface area contributed by atoms with Crippen LogP contribution < -0.4 is 0 Å². The molecular formula is C17H22N2O. The van der Waals surface area contributed by atoms with Gasteiger partial charge in [0.2, 0.25) is 0 Å². The summed E-state index contributed by atoms with van der Waals surface area (Å²) < 4.78 is 5.42. The molecule has 0 spiro atoms. The molecule has 3 nitrogen and oxygen atoms in total. The summed E-state index contributed by atoms with van der Waals surface area (Å²) in [6.45, 7) is 3.92. The van der Waals surface area contributed by atoms with E-state index in [2.05, 4.69) is 42.3 Å². The Balaban J connectivity index is 1.57. The van der Waals surface area contributed by atoms with Gasteiger partial charge in [0, 0.05) is 25.1 Å². The average Bonchev–Trinajstić information content (AvgIpc) is 2.98. The zero-order valence-electron chi connectivity index (χ0n) is 12.1. The van der Waals surface area contributed by atoms with Crippen LogP contribution in [0.4, 0.5) is 0 Å². The maximum absolute atomic E-state index is 5.42. The maximum atomic E-state index is 5.42. The van der Waals surface area contributed by atoms with Crippen molar-refractivity contribution in [2.75, 3.05) is 26.8 Å². The molecule has 0 N–H and O–H groups in total. The van der Waals surface area contributed by atoms with Gasteiger partial charge in [-0.3, -0.25) is 4.98 Å². The second kappa shape index (κ2) is 6.33. The SMILES string of the molecule is CN(CC[C@@H]1CCOC1)Cc1ccc2ccccc2n1. The highest BCUT2D eigenvalue weighted by atomic mass is 16.5. The summed E-state index contributed by atoms with van der Waals surface area (Å²) in [6.07, 6.45) is 2.45. The molecule has 1 aromatic carbocycles. The third-order valence-electron chi connectivity index (χ3n) is 4.03. The van der Waals surface area contributed by atoms with Gasteiger partial charge in [0.25, 0.3) is 0 Å². The van der Waals surface area contributed by atoms with E-state index in [1.165, 1.54) is 18.2 Å². The van der Waals surface area contributed by atoms with Gasteiger partial charge in [-0.25, -0.2) is 0 Å². The summed E-state index contributed by atoms with van der Waals surface area (Å²) in [5.74, 6) is 0.752. The van der Waals surface area contributed by atoms with Crippen LogP contribution in [0.3, 0.4) is 0 Å². The highest BCUT2D eigenvalue weighted by molar-refractivity contribution is 5.78. The molecule has 1 aliphatic heterocycles. The first-order chi connectivity index (χ1) is 9.81. The standard InChI is InChI=1S/C17H22N2O/c1-19(10-8-14-9-11-20-13-14)12-16-7-6-15-4-2-3-5-17(15)18-16/h2-7,14H,8-13H2,1H3/t14-/m1/s1. The smallest absolute Gasteiger partial charge is 0.0705 e. The zero-order chi connectivity index (χ0) is 13.8. The van der Waals surface area contributed by atoms with Gasteiger partial charge in [0.1, 0.15) is 0 Å². The first-order valence-corrected chi connectivity index (χ1v) is 7.42. The molecule has 1 aromatic heterocycles. The lowest BCUT2D eigenvalue weighted by molar-refractivity contribution is 0.180. The van der Waals surface area contributed by atoms with Gasteiger partial charge in [-0.15, -0.1) is 0 Å². The second-order valence-electron chi connectivity index (χ2n) is 5.75. The molecule has 1 fully saturated rings. The minimum Gasteiger partial charge on any atom is -0.381 e. The summed E-state index contributed by atoms with van der Waals surface area (Å²) in [4.78, 5) is 7.09. The van der Waals surface area contributed by atoms with Gasteiger partial charge in [-0.2, -0.15) is 0 Å². The van der Waals surface area contributed by atoms with Gasteiger partial charge < -0.3 is 9.64 Å². The number of pyridine rings is 1. The summed E-state index contributed by atoms with van der Waals surface area (Å²) in [5, 5.41) is 1.21. The Morgan fingerprint density at radius 2 is 2.15 bits per heavy atom. The van der Waals surface area contributed by atoms with E-state index in [0.29, 0.717) is 0 Å². The molecule has 1 atom stereocenters. The molecule has 106 valence electrons. The van der Waals surface area contributed by atoms with Crippen LogP contribution in [0, 0.1) is 5.92 Å². The van der Waals surface area contributed by atoms with E-state index < -0.39 is 0 Å². The minimum absolute atomic E-state index is 0.752. The predicted octanol–water partition coefficient (Wildman–Crippen LogP) is 3.09. The van der Waals surface area contributed by atoms with Gasteiger partial charge in [-0.05, 0) is 44.5 Å². The topological polar surface area (TPSA) is 25.4 Å². The van der Waals surface area contributed by atoms with E-state index >= 15 is 0 Å². The summed E-state index contributed by atoms with van der Waals surface area (Å²) in [7, 11) is 2.17. The average molecular weight is 270 g/mol. The van der Waals surface area contributed by atoms with Crippen molar-refractivity contribution in [2.45, 2.75) is 19.4 Å². The lowest BCUT2D eigenvalue weighted by Gasteiger charge is -2.18. The monoisotopic (exact) mass is 270 g/mol. The summed E-state index contributed by atoms with van der Waals surface area (Å²) >= 11 is 0. The highest BCUT2D eigenvalue weighted by Crippen LogP contribution is 2.17. The number of benzene rings is 1. The summed E-state index contributed by atoms with van der Waals surface area (Å²) in [5.41, 5.74) is 2.23. The number of aromatic nitrogens is 1. The quantitative estimate of drug-likeness (QED) is 0.835. The van der Waals surface area contributed by atoms with Crippen molar-refractivity contribution in [1.29, 1.82) is 0 Å². The number of rotatable bonds is 5. The minimum atomic E-state index is 0.752. The Hall–Kier alpha value is -1.45. The lowest BCUT2D eigenvalue weighted by atomic mass is 10.1. The number of nitrogens with zero attached hydrogens (tertiary/aromatic N) is 2. The molecule has 0 radical (unpaired) electrons. The van der Waals surface area contributed by atoms with Crippen LogP contribution in [-0.4, -0.2) is 36.7 Å². The Morgan fingerprint density at radius 1 is 1.25 bits per heavy atom. The predicted molar refractivity (Wildman–Crippen MR) is 81.6 cm³/mol. The van der Waals surface area contributed by atoms with Crippen molar-refractivity contribution in [2.24, 2.45) is 5.92 Å². The van der Waals surface area contributed by atoms with Crippen LogP contribution in [0.25, 0.3) is 10.9 Å². The number of hydrogen-bond donors (Lipinski definition) is 0. The van der Waals surface area contributed by atoms with Crippen LogP contribution >= 0.6 is 0 Å². The van der Waals surface area contributed by atoms with Crippen molar-refractivity contribution in [3.63, 3.8) is 0 Å². The van der Waals surface area contributed by atoms with E-state index in [1.807, 2.05) is 6.07 Å². The largest absolute Gasteiger partial charge is 0.381 e. The molecule has 2 heterocycles. The van der Waals surface area contributed by atoms with E-state index in [1.54, 1.807) is 0 Å². The van der Waals surface area contributed by atoms with Crippen LogP contribution in [-0.2, 0) is 11.3 Å². The molecule has 1 saturated heterocycles. The molecule has 0 bridgehead atoms. The van der Waals surface area contributed by atoms with Crippen molar-refractivity contribution in [3.8, 4) is 0 Å². The third kappa shape index (κ3) is 3.35. The summed E-state index contributed by atoms with van der Waals surface area (Å²) in [6, 6.07) is 12.6. The first kappa shape index (κ1) is 13.5. The fourth-order valence-corrected chi connectivity index (χ4v) is 2.77. The fourth-order valence-electron chi connectivity index (χ4n) is 2.77. The van der Waals surface area contributed by atoms with Crippen molar-refractivity contribution < 1.29 is 4.74 Å². The maximum Gasteiger partial charge on any atom is 0.0705 e. The van der Waals surface area contributed by atoms with Crippen LogP contribution in [0.1, 0.15) is 18.5 Å². The Bertz CT molecular complexity index is 564. The van der Waals surface area contributed by atoms with Crippen molar-refractivity contribution >= 4 is 10.9 Å². The van der Waals surface area contributed by atoms with E-state index in [-0.39, 0.29) is 0 Å². The number of hydrogen-bond acceptors (Lipinski definition) is 3. The molecule has 1 aliphatic rings. The molecule has 3 rings (SSSR count). The number of ether oxygens (including phenoxy) is 1. The molecule has 0 aliphatic carbocycles. The van der Waals surface area contributed by atoms with Crippen molar-refractivity contribution in [3.05, 3.63) is 42.1 Å². The van der Waals surface area contributed by atoms with Gasteiger partial charge in [-0.1, -0.05) is 24.3 Å². The van der Waals surface area contributed by atoms with Crippen LogP contribution in [0.2, 0.25) is 0 Å².